The van der Waals surface area contributed by atoms with Crippen LogP contribution in [0.4, 0.5) is 0 Å². The summed E-state index contributed by atoms with van der Waals surface area (Å²) in [7, 11) is 0. The molecule has 0 saturated carbocycles. The standard InChI is InChI=1S/C14H22N2O3/c1-13(2,12(18)19)14(3,4)15-8-10-16-9-6-5-7-11(16)17/h5-7,9,15H,8,10H2,1-4H3,(H,18,19). The molecule has 1 aromatic heterocycles. The van der Waals surface area contributed by atoms with E-state index < -0.39 is 16.9 Å². The number of carboxylic acids is 1. The summed E-state index contributed by atoms with van der Waals surface area (Å²) in [5, 5.41) is 12.5. The van der Waals surface area contributed by atoms with E-state index in [4.69, 9.17) is 0 Å². The molecule has 0 bridgehead atoms. The third-order valence-corrected chi connectivity index (χ3v) is 3.92. The van der Waals surface area contributed by atoms with Gasteiger partial charge >= 0.3 is 5.97 Å². The average molecular weight is 266 g/mol. The molecular weight excluding hydrogens is 244 g/mol. The fourth-order valence-corrected chi connectivity index (χ4v) is 1.62. The Morgan fingerprint density at radius 3 is 2.47 bits per heavy atom. The van der Waals surface area contributed by atoms with E-state index >= 15 is 0 Å². The van der Waals surface area contributed by atoms with Gasteiger partial charge in [0.25, 0.3) is 5.56 Å². The zero-order valence-electron chi connectivity index (χ0n) is 11.9. The molecule has 1 heterocycles. The van der Waals surface area contributed by atoms with Crippen LogP contribution < -0.4 is 10.9 Å². The number of nitrogens with zero attached hydrogens (tertiary/aromatic N) is 1. The molecule has 0 saturated heterocycles. The number of hydrogen-bond donors (Lipinski definition) is 2. The van der Waals surface area contributed by atoms with Crippen LogP contribution >= 0.6 is 0 Å². The molecule has 0 unspecified atom stereocenters. The maximum Gasteiger partial charge on any atom is 0.310 e. The Morgan fingerprint density at radius 1 is 1.32 bits per heavy atom. The highest BCUT2D eigenvalue weighted by Crippen LogP contribution is 2.30. The lowest BCUT2D eigenvalue weighted by Gasteiger charge is -2.39. The first-order valence-electron chi connectivity index (χ1n) is 6.32. The van der Waals surface area contributed by atoms with Crippen LogP contribution in [0.5, 0.6) is 0 Å². The Hall–Kier alpha value is -1.62. The van der Waals surface area contributed by atoms with Gasteiger partial charge in [-0.25, -0.2) is 0 Å². The topological polar surface area (TPSA) is 71.3 Å². The summed E-state index contributed by atoms with van der Waals surface area (Å²) in [6, 6.07) is 5.00. The lowest BCUT2D eigenvalue weighted by atomic mass is 9.74. The smallest absolute Gasteiger partial charge is 0.310 e. The first-order valence-corrected chi connectivity index (χ1v) is 6.32. The fourth-order valence-electron chi connectivity index (χ4n) is 1.62. The van der Waals surface area contributed by atoms with Gasteiger partial charge in [0.15, 0.2) is 0 Å². The van der Waals surface area contributed by atoms with Crippen LogP contribution in [0.3, 0.4) is 0 Å². The number of carbonyl (C=O) groups is 1. The molecule has 0 atom stereocenters. The summed E-state index contributed by atoms with van der Waals surface area (Å²) in [5.74, 6) is -0.845. The summed E-state index contributed by atoms with van der Waals surface area (Å²) in [5.41, 5.74) is -1.52. The van der Waals surface area contributed by atoms with Crippen LogP contribution in [0.1, 0.15) is 27.7 Å². The van der Waals surface area contributed by atoms with E-state index in [-0.39, 0.29) is 5.56 Å². The molecular formula is C14H22N2O3. The third-order valence-electron chi connectivity index (χ3n) is 3.92. The van der Waals surface area contributed by atoms with E-state index in [9.17, 15) is 14.7 Å². The van der Waals surface area contributed by atoms with Crippen LogP contribution in [0, 0.1) is 5.41 Å². The Balaban J connectivity index is 2.65. The van der Waals surface area contributed by atoms with Gasteiger partial charge in [0, 0.05) is 30.9 Å². The predicted octanol–water partition coefficient (Wildman–Crippen LogP) is 1.33. The van der Waals surface area contributed by atoms with Crippen molar-refractivity contribution in [2.75, 3.05) is 6.54 Å². The molecule has 106 valence electrons. The van der Waals surface area contributed by atoms with E-state index in [1.54, 1.807) is 36.7 Å². The molecule has 0 amide bonds. The van der Waals surface area contributed by atoms with E-state index in [2.05, 4.69) is 5.32 Å². The normalized spacial score (nSPS) is 12.4. The maximum atomic E-state index is 11.5. The van der Waals surface area contributed by atoms with E-state index in [1.807, 2.05) is 13.8 Å². The van der Waals surface area contributed by atoms with Gasteiger partial charge in [-0.15, -0.1) is 0 Å². The van der Waals surface area contributed by atoms with Gasteiger partial charge in [-0.1, -0.05) is 6.07 Å². The molecule has 1 aromatic rings. The number of aliphatic carboxylic acids is 1. The zero-order valence-corrected chi connectivity index (χ0v) is 11.9. The maximum absolute atomic E-state index is 11.5. The molecule has 0 radical (unpaired) electrons. The number of aromatic nitrogens is 1. The Bertz CT molecular complexity index is 503. The third kappa shape index (κ3) is 3.44. The highest BCUT2D eigenvalue weighted by Gasteiger charge is 2.42. The quantitative estimate of drug-likeness (QED) is 0.815. The first kappa shape index (κ1) is 15.4. The lowest BCUT2D eigenvalue weighted by molar-refractivity contribution is -0.151. The molecule has 5 nitrogen and oxygen atoms in total. The lowest BCUT2D eigenvalue weighted by Crippen LogP contribution is -2.55. The van der Waals surface area contributed by atoms with Gasteiger partial charge in [0.05, 0.1) is 5.41 Å². The minimum absolute atomic E-state index is 0.0559. The van der Waals surface area contributed by atoms with E-state index in [0.29, 0.717) is 13.1 Å². The minimum Gasteiger partial charge on any atom is -0.481 e. The van der Waals surface area contributed by atoms with Crippen molar-refractivity contribution in [3.63, 3.8) is 0 Å². The van der Waals surface area contributed by atoms with E-state index in [0.717, 1.165) is 0 Å². The highest BCUT2D eigenvalue weighted by atomic mass is 16.4. The second kappa shape index (κ2) is 5.57. The Kier molecular flexibility index (Phi) is 4.52. The van der Waals surface area contributed by atoms with Crippen molar-refractivity contribution in [3.8, 4) is 0 Å². The summed E-state index contributed by atoms with van der Waals surface area (Å²) >= 11 is 0. The summed E-state index contributed by atoms with van der Waals surface area (Å²) in [6.45, 7) is 8.14. The van der Waals surface area contributed by atoms with Gasteiger partial charge in [-0.2, -0.15) is 0 Å². The summed E-state index contributed by atoms with van der Waals surface area (Å²) in [6.07, 6.45) is 1.72. The van der Waals surface area contributed by atoms with Gasteiger partial charge in [0.1, 0.15) is 0 Å². The number of hydrogen-bond acceptors (Lipinski definition) is 3. The van der Waals surface area contributed by atoms with Crippen LogP contribution in [0.15, 0.2) is 29.2 Å². The predicted molar refractivity (Wildman–Crippen MR) is 74.2 cm³/mol. The summed E-state index contributed by atoms with van der Waals surface area (Å²) in [4.78, 5) is 22.8. The molecule has 0 aliphatic heterocycles. The number of nitrogens with one attached hydrogen (secondary N) is 1. The van der Waals surface area contributed by atoms with Gasteiger partial charge < -0.3 is 15.0 Å². The molecule has 0 fully saturated rings. The van der Waals surface area contributed by atoms with Crippen LogP contribution in [-0.2, 0) is 11.3 Å². The zero-order chi connectivity index (χ0) is 14.7. The molecule has 0 aromatic carbocycles. The Labute approximate surface area is 113 Å². The SMILES string of the molecule is CC(C)(NCCn1ccccc1=O)C(C)(C)C(=O)O. The van der Waals surface area contributed by atoms with E-state index in [1.165, 1.54) is 6.07 Å². The van der Waals surface area contributed by atoms with Crippen molar-refractivity contribution in [2.24, 2.45) is 5.41 Å². The van der Waals surface area contributed by atoms with Gasteiger partial charge in [0.2, 0.25) is 0 Å². The highest BCUT2D eigenvalue weighted by molar-refractivity contribution is 5.75. The molecule has 0 spiro atoms. The molecule has 5 heteroatoms. The minimum atomic E-state index is -0.894. The van der Waals surface area contributed by atoms with Gasteiger partial charge in [-0.05, 0) is 33.8 Å². The average Bonchev–Trinajstić information content (AvgIpc) is 2.31. The molecule has 1 rings (SSSR count). The van der Waals surface area contributed by atoms with Crippen molar-refractivity contribution < 1.29 is 9.90 Å². The number of carboxylic acid groups (broad SMARTS) is 1. The monoisotopic (exact) mass is 266 g/mol. The molecule has 2 N–H and O–H groups in total. The van der Waals surface area contributed by atoms with Crippen molar-refractivity contribution in [1.82, 2.24) is 9.88 Å². The van der Waals surface area contributed by atoms with Crippen molar-refractivity contribution >= 4 is 5.97 Å². The molecule has 19 heavy (non-hydrogen) atoms. The first-order chi connectivity index (χ1) is 8.68. The van der Waals surface area contributed by atoms with Crippen molar-refractivity contribution in [1.29, 1.82) is 0 Å². The Morgan fingerprint density at radius 2 is 1.95 bits per heavy atom. The van der Waals surface area contributed by atoms with Gasteiger partial charge in [-0.3, -0.25) is 9.59 Å². The van der Waals surface area contributed by atoms with Crippen LogP contribution in [0.25, 0.3) is 0 Å². The van der Waals surface area contributed by atoms with Crippen LogP contribution in [-0.4, -0.2) is 27.7 Å². The molecule has 0 aliphatic rings. The second-order valence-corrected chi connectivity index (χ2v) is 5.71. The van der Waals surface area contributed by atoms with Crippen molar-refractivity contribution in [2.45, 2.75) is 39.8 Å². The second-order valence-electron chi connectivity index (χ2n) is 5.71. The van der Waals surface area contributed by atoms with Crippen molar-refractivity contribution in [3.05, 3.63) is 34.7 Å². The van der Waals surface area contributed by atoms with Crippen LogP contribution in [0.2, 0.25) is 0 Å². The number of pyridine rings is 1. The number of rotatable bonds is 6. The summed E-state index contributed by atoms with van der Waals surface area (Å²) < 4.78 is 1.59. The fraction of sp³-hybridized carbons (Fsp3) is 0.571. The largest absolute Gasteiger partial charge is 0.481 e. The molecule has 0 aliphatic carbocycles.